The summed E-state index contributed by atoms with van der Waals surface area (Å²) < 4.78 is 37.7. The van der Waals surface area contributed by atoms with Crippen LogP contribution in [0.15, 0.2) is 53.1 Å². The van der Waals surface area contributed by atoms with Gasteiger partial charge in [-0.2, -0.15) is 0 Å². The summed E-state index contributed by atoms with van der Waals surface area (Å²) in [6, 6.07) is 4.77. The second-order valence-corrected chi connectivity index (χ2v) is 7.78. The molecular formula is C20H28N2O5S. The zero-order valence-electron chi connectivity index (χ0n) is 17.1. The van der Waals surface area contributed by atoms with Crippen molar-refractivity contribution in [2.75, 3.05) is 25.1 Å². The van der Waals surface area contributed by atoms with E-state index in [9.17, 15) is 13.2 Å². The number of allylic oxidation sites excluding steroid dienone is 5. The predicted octanol–water partition coefficient (Wildman–Crippen LogP) is 3.36. The number of hydrogen-bond donors (Lipinski definition) is 1. The van der Waals surface area contributed by atoms with E-state index in [0.29, 0.717) is 17.2 Å². The van der Waals surface area contributed by atoms with Gasteiger partial charge in [-0.05, 0) is 45.9 Å². The van der Waals surface area contributed by atoms with Crippen LogP contribution >= 0.6 is 0 Å². The highest BCUT2D eigenvalue weighted by Crippen LogP contribution is 2.35. The van der Waals surface area contributed by atoms with Crippen LogP contribution in [0.2, 0.25) is 0 Å². The van der Waals surface area contributed by atoms with E-state index in [1.54, 1.807) is 44.2 Å². The minimum absolute atomic E-state index is 0.116. The van der Waals surface area contributed by atoms with Crippen LogP contribution in [0.1, 0.15) is 27.7 Å². The molecule has 0 saturated heterocycles. The molecule has 0 saturated carbocycles. The fraction of sp³-hybridized carbons (Fsp3) is 0.350. The van der Waals surface area contributed by atoms with Crippen LogP contribution < -0.4 is 19.1 Å². The molecule has 0 bridgehead atoms. The van der Waals surface area contributed by atoms with E-state index in [1.807, 2.05) is 6.92 Å². The molecule has 1 rings (SSSR count). The van der Waals surface area contributed by atoms with Crippen LogP contribution in [0.5, 0.6) is 11.5 Å². The first-order valence-corrected chi connectivity index (χ1v) is 10.2. The second-order valence-electron chi connectivity index (χ2n) is 5.74. The van der Waals surface area contributed by atoms with Crippen LogP contribution in [-0.2, 0) is 14.8 Å². The van der Waals surface area contributed by atoms with Crippen molar-refractivity contribution >= 4 is 21.6 Å². The number of anilines is 1. The Labute approximate surface area is 167 Å². The third-order valence-corrected chi connectivity index (χ3v) is 5.94. The van der Waals surface area contributed by atoms with Gasteiger partial charge in [0.15, 0.2) is 0 Å². The lowest BCUT2D eigenvalue weighted by Crippen LogP contribution is -2.40. The zero-order valence-corrected chi connectivity index (χ0v) is 18.0. The summed E-state index contributed by atoms with van der Waals surface area (Å²) in [5, 5.41) is 2.70. The summed E-state index contributed by atoms with van der Waals surface area (Å²) in [4.78, 5) is 12.7. The maximum atomic E-state index is 13.1. The molecule has 1 amide bonds. The van der Waals surface area contributed by atoms with Gasteiger partial charge in [0.25, 0.3) is 10.0 Å². The zero-order chi connectivity index (χ0) is 21.3. The molecule has 1 aromatic carbocycles. The molecule has 0 aliphatic heterocycles. The van der Waals surface area contributed by atoms with Crippen molar-refractivity contribution in [3.63, 3.8) is 0 Å². The molecule has 1 aromatic rings. The Morgan fingerprint density at radius 1 is 1.14 bits per heavy atom. The van der Waals surface area contributed by atoms with Gasteiger partial charge >= 0.3 is 0 Å². The first-order valence-electron chi connectivity index (χ1n) is 8.71. The molecule has 0 unspecified atom stereocenters. The van der Waals surface area contributed by atoms with Gasteiger partial charge in [0.1, 0.15) is 18.0 Å². The lowest BCUT2D eigenvalue weighted by atomic mass is 10.2. The second kappa shape index (κ2) is 10.6. The fourth-order valence-corrected chi connectivity index (χ4v) is 3.67. The number of carbonyl (C=O) groups excluding carboxylic acids is 1. The summed E-state index contributed by atoms with van der Waals surface area (Å²) in [7, 11) is -1.04. The molecule has 0 atom stereocenters. The number of nitrogens with one attached hydrogen (secondary N) is 1. The number of methoxy groups -OCH3 is 2. The van der Waals surface area contributed by atoms with Crippen LogP contribution in [0.25, 0.3) is 0 Å². The Morgan fingerprint density at radius 2 is 1.82 bits per heavy atom. The first kappa shape index (κ1) is 23.3. The summed E-state index contributed by atoms with van der Waals surface area (Å²) in [6.07, 6.45) is 6.70. The number of hydrogen-bond acceptors (Lipinski definition) is 5. The summed E-state index contributed by atoms with van der Waals surface area (Å²) in [5.74, 6) is 0.266. The van der Waals surface area contributed by atoms with Gasteiger partial charge in [-0.15, -0.1) is 0 Å². The number of ether oxygens (including phenoxy) is 2. The Morgan fingerprint density at radius 3 is 2.32 bits per heavy atom. The number of sulfonamides is 1. The molecule has 7 nitrogen and oxygen atoms in total. The molecule has 0 aliphatic carbocycles. The molecule has 0 spiro atoms. The van der Waals surface area contributed by atoms with Gasteiger partial charge < -0.3 is 14.8 Å². The molecule has 0 aromatic heterocycles. The highest BCUT2D eigenvalue weighted by molar-refractivity contribution is 7.96. The Kier molecular flexibility index (Phi) is 8.78. The lowest BCUT2D eigenvalue weighted by molar-refractivity contribution is -0.118. The molecule has 8 heteroatoms. The van der Waals surface area contributed by atoms with Crippen molar-refractivity contribution in [2.45, 2.75) is 27.7 Å². The number of benzene rings is 1. The van der Waals surface area contributed by atoms with E-state index < -0.39 is 22.5 Å². The molecule has 0 fully saturated rings. The average Bonchev–Trinajstić information content (AvgIpc) is 2.70. The number of nitrogens with zero attached hydrogens (tertiary/aromatic N) is 1. The van der Waals surface area contributed by atoms with Gasteiger partial charge in [-0.25, -0.2) is 8.42 Å². The Balaban J connectivity index is 3.46. The minimum Gasteiger partial charge on any atom is -0.497 e. The summed E-state index contributed by atoms with van der Waals surface area (Å²) >= 11 is 0. The van der Waals surface area contributed by atoms with Crippen molar-refractivity contribution in [3.05, 3.63) is 53.1 Å². The largest absolute Gasteiger partial charge is 0.497 e. The molecule has 154 valence electrons. The van der Waals surface area contributed by atoms with Crippen LogP contribution in [0.4, 0.5) is 5.69 Å². The summed E-state index contributed by atoms with van der Waals surface area (Å²) in [6.45, 7) is 6.27. The van der Waals surface area contributed by atoms with Crippen molar-refractivity contribution in [2.24, 2.45) is 0 Å². The van der Waals surface area contributed by atoms with Gasteiger partial charge in [-0.1, -0.05) is 18.2 Å². The van der Waals surface area contributed by atoms with Crippen molar-refractivity contribution in [1.82, 2.24) is 5.32 Å². The molecule has 0 heterocycles. The monoisotopic (exact) mass is 408 g/mol. The topological polar surface area (TPSA) is 84.9 Å². The number of amides is 1. The van der Waals surface area contributed by atoms with E-state index in [1.165, 1.54) is 33.3 Å². The van der Waals surface area contributed by atoms with Crippen LogP contribution in [0.3, 0.4) is 0 Å². The van der Waals surface area contributed by atoms with E-state index in [0.717, 1.165) is 4.31 Å². The SMILES string of the molecule is C/C=C\C(=C/C)NC(=O)CN(c1cc(OC)ccc1OC)S(=O)(=O)/C(C)=C/C. The smallest absolute Gasteiger partial charge is 0.260 e. The third kappa shape index (κ3) is 5.63. The van der Waals surface area contributed by atoms with Gasteiger partial charge in [0.05, 0.1) is 24.8 Å². The molecule has 0 radical (unpaired) electrons. The number of carbonyl (C=O) groups is 1. The normalized spacial score (nSPS) is 12.8. The third-order valence-electron chi connectivity index (χ3n) is 3.99. The standard InChI is InChI=1S/C20H28N2O5S/c1-7-10-16(9-3)21-20(23)14-22(28(24,25)15(4)8-2)18-13-17(26-5)11-12-19(18)27-6/h7-13H,14H2,1-6H3,(H,21,23)/b10-7-,15-8+,16-9+. The highest BCUT2D eigenvalue weighted by Gasteiger charge is 2.29. The van der Waals surface area contributed by atoms with E-state index in [2.05, 4.69) is 5.32 Å². The van der Waals surface area contributed by atoms with E-state index in [4.69, 9.17) is 9.47 Å². The quantitative estimate of drug-likeness (QED) is 0.634. The Hall–Kier alpha value is -2.74. The van der Waals surface area contributed by atoms with Crippen molar-refractivity contribution in [1.29, 1.82) is 0 Å². The lowest BCUT2D eigenvalue weighted by Gasteiger charge is -2.26. The molecule has 0 aliphatic rings. The maximum Gasteiger partial charge on any atom is 0.260 e. The molecule has 1 N–H and O–H groups in total. The summed E-state index contributed by atoms with van der Waals surface area (Å²) in [5.41, 5.74) is 0.788. The van der Waals surface area contributed by atoms with E-state index >= 15 is 0 Å². The average molecular weight is 409 g/mol. The predicted molar refractivity (Wildman–Crippen MR) is 112 cm³/mol. The maximum absolute atomic E-state index is 13.1. The van der Waals surface area contributed by atoms with Crippen molar-refractivity contribution in [3.8, 4) is 11.5 Å². The molecular weight excluding hydrogens is 380 g/mol. The fourth-order valence-electron chi connectivity index (χ4n) is 2.33. The van der Waals surface area contributed by atoms with Crippen LogP contribution in [-0.4, -0.2) is 35.1 Å². The van der Waals surface area contributed by atoms with E-state index in [-0.39, 0.29) is 10.6 Å². The van der Waals surface area contributed by atoms with Crippen LogP contribution in [0, 0.1) is 0 Å². The molecule has 28 heavy (non-hydrogen) atoms. The van der Waals surface area contributed by atoms with Crippen molar-refractivity contribution < 1.29 is 22.7 Å². The first-order chi connectivity index (χ1) is 13.2. The van der Waals surface area contributed by atoms with Gasteiger partial charge in [0, 0.05) is 11.8 Å². The van der Waals surface area contributed by atoms with Gasteiger partial charge in [0.2, 0.25) is 5.91 Å². The highest BCUT2D eigenvalue weighted by atomic mass is 32.2. The minimum atomic E-state index is -3.95. The number of rotatable bonds is 9. The Bertz CT molecular complexity index is 886. The van der Waals surface area contributed by atoms with Gasteiger partial charge in [-0.3, -0.25) is 9.10 Å².